The maximum absolute atomic E-state index is 13.8. The van der Waals surface area contributed by atoms with E-state index in [9.17, 15) is 18.4 Å². The zero-order chi connectivity index (χ0) is 19.1. The fourth-order valence-electron chi connectivity index (χ4n) is 2.21. The molecule has 0 fully saturated rings. The number of carbonyl (C=O) groups excluding carboxylic acids is 2. The molecular formula is C18H17ClF2N2O3. The van der Waals surface area contributed by atoms with E-state index in [0.717, 1.165) is 17.0 Å². The predicted molar refractivity (Wildman–Crippen MR) is 94.3 cm³/mol. The lowest BCUT2D eigenvalue weighted by atomic mass is 10.2. The summed E-state index contributed by atoms with van der Waals surface area (Å²) < 4.78 is 32.9. The first-order valence-electron chi connectivity index (χ1n) is 7.75. The highest BCUT2D eigenvalue weighted by Crippen LogP contribution is 2.23. The Balaban J connectivity index is 1.87. The summed E-state index contributed by atoms with van der Waals surface area (Å²) in [6, 6.07) is 9.83. The Bertz CT molecular complexity index is 764. The third-order valence-electron chi connectivity index (χ3n) is 3.43. The van der Waals surface area contributed by atoms with Gasteiger partial charge in [-0.2, -0.15) is 0 Å². The Morgan fingerprint density at radius 2 is 1.73 bits per heavy atom. The van der Waals surface area contributed by atoms with Gasteiger partial charge in [0.25, 0.3) is 5.91 Å². The van der Waals surface area contributed by atoms with Gasteiger partial charge in [-0.1, -0.05) is 17.7 Å². The van der Waals surface area contributed by atoms with Gasteiger partial charge < -0.3 is 15.0 Å². The summed E-state index contributed by atoms with van der Waals surface area (Å²) >= 11 is 5.75. The fourth-order valence-corrected chi connectivity index (χ4v) is 2.34. The Morgan fingerprint density at radius 3 is 2.31 bits per heavy atom. The lowest BCUT2D eigenvalue weighted by Crippen LogP contribution is -2.39. The van der Waals surface area contributed by atoms with Crippen molar-refractivity contribution in [3.8, 4) is 5.75 Å². The summed E-state index contributed by atoms with van der Waals surface area (Å²) in [6.45, 7) is 0.878. The Hall–Kier alpha value is -2.67. The van der Waals surface area contributed by atoms with Crippen molar-refractivity contribution in [1.82, 2.24) is 5.32 Å². The first kappa shape index (κ1) is 19.7. The smallest absolute Gasteiger partial charge is 0.258 e. The van der Waals surface area contributed by atoms with Crippen LogP contribution in [0.2, 0.25) is 5.02 Å². The second kappa shape index (κ2) is 9.15. The van der Waals surface area contributed by atoms with E-state index in [1.54, 1.807) is 24.3 Å². The molecule has 0 heterocycles. The fraction of sp³-hybridized carbons (Fsp3) is 0.222. The number of halogens is 3. The predicted octanol–water partition coefficient (Wildman–Crippen LogP) is 3.17. The number of rotatable bonds is 7. The van der Waals surface area contributed by atoms with Crippen LogP contribution in [0.15, 0.2) is 42.5 Å². The van der Waals surface area contributed by atoms with Gasteiger partial charge in [-0.15, -0.1) is 0 Å². The number of hydrogen-bond acceptors (Lipinski definition) is 3. The van der Waals surface area contributed by atoms with Crippen molar-refractivity contribution in [3.63, 3.8) is 0 Å². The van der Waals surface area contributed by atoms with Crippen LogP contribution in [0.1, 0.15) is 6.92 Å². The van der Waals surface area contributed by atoms with Crippen LogP contribution in [-0.2, 0) is 9.59 Å². The Labute approximate surface area is 154 Å². The van der Waals surface area contributed by atoms with Crippen LogP contribution < -0.4 is 15.0 Å². The summed E-state index contributed by atoms with van der Waals surface area (Å²) in [5.74, 6) is -2.20. The lowest BCUT2D eigenvalue weighted by molar-refractivity contribution is -0.123. The van der Waals surface area contributed by atoms with E-state index >= 15 is 0 Å². The molecule has 0 aromatic heterocycles. The molecule has 0 spiro atoms. The van der Waals surface area contributed by atoms with Gasteiger partial charge in [-0.05, 0) is 36.4 Å². The molecule has 0 atom stereocenters. The molecule has 0 saturated heterocycles. The number of nitrogens with zero attached hydrogens (tertiary/aromatic N) is 1. The van der Waals surface area contributed by atoms with Crippen molar-refractivity contribution in [2.75, 3.05) is 24.6 Å². The molecule has 26 heavy (non-hydrogen) atoms. The topological polar surface area (TPSA) is 58.6 Å². The van der Waals surface area contributed by atoms with Crippen LogP contribution in [0.5, 0.6) is 5.75 Å². The molecule has 2 aromatic carbocycles. The van der Waals surface area contributed by atoms with Gasteiger partial charge in [-0.3, -0.25) is 9.59 Å². The Kier molecular flexibility index (Phi) is 6.91. The molecule has 0 bridgehead atoms. The van der Waals surface area contributed by atoms with E-state index in [1.807, 2.05) is 0 Å². The highest BCUT2D eigenvalue weighted by Gasteiger charge is 2.20. The third kappa shape index (κ3) is 5.42. The van der Waals surface area contributed by atoms with E-state index < -0.39 is 29.1 Å². The number of amides is 2. The second-order valence-electron chi connectivity index (χ2n) is 5.33. The highest BCUT2D eigenvalue weighted by atomic mass is 35.5. The van der Waals surface area contributed by atoms with Crippen LogP contribution >= 0.6 is 11.6 Å². The molecule has 0 unspecified atom stereocenters. The lowest BCUT2D eigenvalue weighted by Gasteiger charge is -2.22. The minimum absolute atomic E-state index is 0.0101. The molecule has 2 rings (SSSR count). The van der Waals surface area contributed by atoms with E-state index in [-0.39, 0.29) is 19.7 Å². The first-order valence-corrected chi connectivity index (χ1v) is 8.13. The molecule has 0 aliphatic heterocycles. The molecule has 0 radical (unpaired) electrons. The number of para-hydroxylation sites is 1. The van der Waals surface area contributed by atoms with E-state index in [0.29, 0.717) is 10.8 Å². The molecule has 1 N–H and O–H groups in total. The average Bonchev–Trinajstić information content (AvgIpc) is 2.59. The van der Waals surface area contributed by atoms with Crippen LogP contribution in [-0.4, -0.2) is 31.5 Å². The molecule has 0 saturated carbocycles. The minimum atomic E-state index is -0.849. The van der Waals surface area contributed by atoms with Crippen LogP contribution in [0.4, 0.5) is 14.5 Å². The number of carbonyl (C=O) groups is 2. The van der Waals surface area contributed by atoms with E-state index in [1.165, 1.54) is 13.0 Å². The summed E-state index contributed by atoms with van der Waals surface area (Å²) in [4.78, 5) is 24.4. The van der Waals surface area contributed by atoms with Gasteiger partial charge in [0.2, 0.25) is 5.91 Å². The van der Waals surface area contributed by atoms with Gasteiger partial charge in [-0.25, -0.2) is 8.78 Å². The number of benzene rings is 2. The number of ether oxygens (including phenoxy) is 1. The summed E-state index contributed by atoms with van der Waals surface area (Å²) in [6.07, 6.45) is 0. The van der Waals surface area contributed by atoms with Crippen molar-refractivity contribution in [1.29, 1.82) is 0 Å². The number of hydrogen-bond donors (Lipinski definition) is 1. The van der Waals surface area contributed by atoms with Gasteiger partial charge >= 0.3 is 0 Å². The van der Waals surface area contributed by atoms with Crippen molar-refractivity contribution in [3.05, 3.63) is 59.1 Å². The maximum atomic E-state index is 13.8. The van der Waals surface area contributed by atoms with Gasteiger partial charge in [0.15, 0.2) is 6.61 Å². The molecule has 138 valence electrons. The molecule has 0 aliphatic rings. The van der Waals surface area contributed by atoms with Gasteiger partial charge in [0, 0.05) is 25.0 Å². The van der Waals surface area contributed by atoms with Gasteiger partial charge in [0.1, 0.15) is 23.1 Å². The van der Waals surface area contributed by atoms with Gasteiger partial charge in [0.05, 0.1) is 0 Å². The summed E-state index contributed by atoms with van der Waals surface area (Å²) in [7, 11) is 0. The molecule has 2 amide bonds. The van der Waals surface area contributed by atoms with Crippen molar-refractivity contribution in [2.24, 2.45) is 0 Å². The normalized spacial score (nSPS) is 10.3. The monoisotopic (exact) mass is 382 g/mol. The van der Waals surface area contributed by atoms with Crippen LogP contribution in [0, 0.1) is 11.6 Å². The molecule has 5 nitrogen and oxygen atoms in total. The van der Waals surface area contributed by atoms with Crippen molar-refractivity contribution < 1.29 is 23.1 Å². The summed E-state index contributed by atoms with van der Waals surface area (Å²) in [5, 5.41) is 3.08. The van der Waals surface area contributed by atoms with Crippen LogP contribution in [0.3, 0.4) is 0 Å². The van der Waals surface area contributed by atoms with E-state index in [2.05, 4.69) is 5.32 Å². The number of nitrogens with one attached hydrogen (secondary N) is 1. The standard InChI is InChI=1S/C18H17ClF2N2O3/c1-12(24)23(18-15(20)3-2-4-16(18)21)10-9-22-17(25)11-26-14-7-5-13(19)6-8-14/h2-8H,9-11H2,1H3,(H,22,25). The molecule has 2 aromatic rings. The number of anilines is 1. The molecule has 0 aliphatic carbocycles. The quantitative estimate of drug-likeness (QED) is 0.800. The minimum Gasteiger partial charge on any atom is -0.484 e. The zero-order valence-corrected chi connectivity index (χ0v) is 14.7. The summed E-state index contributed by atoms with van der Waals surface area (Å²) in [5.41, 5.74) is -0.438. The van der Waals surface area contributed by atoms with Crippen molar-refractivity contribution in [2.45, 2.75) is 6.92 Å². The third-order valence-corrected chi connectivity index (χ3v) is 3.68. The van der Waals surface area contributed by atoms with Crippen LogP contribution in [0.25, 0.3) is 0 Å². The SMILES string of the molecule is CC(=O)N(CCNC(=O)COc1ccc(Cl)cc1)c1c(F)cccc1F. The second-order valence-corrected chi connectivity index (χ2v) is 5.77. The first-order chi connectivity index (χ1) is 12.4. The Morgan fingerprint density at radius 1 is 1.12 bits per heavy atom. The zero-order valence-electron chi connectivity index (χ0n) is 14.0. The highest BCUT2D eigenvalue weighted by molar-refractivity contribution is 6.30. The average molecular weight is 383 g/mol. The largest absolute Gasteiger partial charge is 0.484 e. The molecular weight excluding hydrogens is 366 g/mol. The maximum Gasteiger partial charge on any atom is 0.258 e. The van der Waals surface area contributed by atoms with E-state index in [4.69, 9.17) is 16.3 Å². The molecule has 8 heteroatoms. The van der Waals surface area contributed by atoms with Crippen molar-refractivity contribution >= 4 is 29.1 Å².